The smallest absolute Gasteiger partial charge is 0.395 e. The van der Waals surface area contributed by atoms with Crippen LogP contribution in [0.4, 0.5) is 42.2 Å². The van der Waals surface area contributed by atoms with Crippen molar-refractivity contribution < 1.29 is 56.0 Å². The van der Waals surface area contributed by atoms with Gasteiger partial charge >= 0.3 is 12.4 Å². The molecule has 272 valence electrons. The van der Waals surface area contributed by atoms with E-state index in [2.05, 4.69) is 10.3 Å². The van der Waals surface area contributed by atoms with Crippen LogP contribution in [0.3, 0.4) is 0 Å². The molecule has 0 aliphatic heterocycles. The molecule has 0 radical (unpaired) electrons. The lowest BCUT2D eigenvalue weighted by molar-refractivity contribution is -0.143. The molecule has 16 heteroatoms. The highest BCUT2D eigenvalue weighted by Crippen LogP contribution is 2.41. The van der Waals surface area contributed by atoms with Gasteiger partial charge in [-0.3, -0.25) is 4.79 Å². The highest BCUT2D eigenvalue weighted by Gasteiger charge is 2.41. The van der Waals surface area contributed by atoms with Crippen LogP contribution in [0.5, 0.6) is 0 Å². The minimum absolute atomic E-state index is 0.00362. The van der Waals surface area contributed by atoms with E-state index in [0.717, 1.165) is 4.90 Å². The number of hydrogen-bond acceptors (Lipinski definition) is 8. The quantitative estimate of drug-likeness (QED) is 0.130. The summed E-state index contributed by atoms with van der Waals surface area (Å²) in [5.41, 5.74) is -4.02. The third-order valence-corrected chi connectivity index (χ3v) is 7.50. The van der Waals surface area contributed by atoms with Crippen molar-refractivity contribution in [1.82, 2.24) is 10.3 Å². The minimum atomic E-state index is -5.09. The zero-order valence-electron chi connectivity index (χ0n) is 27.5. The Bertz CT molecular complexity index is 1490. The monoisotopic (exact) mass is 706 g/mol. The fraction of sp³-hybridized carbons (Fsp3) is 0.455. The molecular formula is C33H41F7N4O5. The number of aliphatic hydroxyl groups excluding tert-OH is 4. The number of carbonyl (C=O) groups excluding carboxylic acids is 1. The predicted octanol–water partition coefficient (Wildman–Crippen LogP) is 4.53. The number of amides is 1. The number of aliphatic hydroxyl groups is 4. The van der Waals surface area contributed by atoms with Crippen LogP contribution >= 0.6 is 0 Å². The van der Waals surface area contributed by atoms with E-state index in [0.29, 0.717) is 47.7 Å². The number of aromatic nitrogens is 1. The Hall–Kier alpha value is -3.83. The Labute approximate surface area is 279 Å². The predicted molar refractivity (Wildman–Crippen MR) is 171 cm³/mol. The molecule has 5 N–H and O–H groups in total. The number of pyridine rings is 1. The van der Waals surface area contributed by atoms with E-state index in [9.17, 15) is 45.7 Å². The van der Waals surface area contributed by atoms with Gasteiger partial charge in [-0.2, -0.15) is 26.3 Å². The van der Waals surface area contributed by atoms with Crippen molar-refractivity contribution in [2.45, 2.75) is 38.5 Å². The van der Waals surface area contributed by atoms with Crippen LogP contribution in [0, 0.1) is 12.7 Å². The molecule has 49 heavy (non-hydrogen) atoms. The summed E-state index contributed by atoms with van der Waals surface area (Å²) in [6, 6.07) is 6.50. The summed E-state index contributed by atoms with van der Waals surface area (Å²) < 4.78 is 95.1. The molecule has 0 aliphatic carbocycles. The number of hydrogen-bond donors (Lipinski definition) is 5. The van der Waals surface area contributed by atoms with Gasteiger partial charge in [0.2, 0.25) is 5.91 Å². The van der Waals surface area contributed by atoms with Crippen molar-refractivity contribution >= 4 is 17.4 Å². The van der Waals surface area contributed by atoms with Gasteiger partial charge in [0, 0.05) is 38.8 Å². The number of aryl methyl sites for hydroxylation is 1. The first kappa shape index (κ1) is 41.3. The van der Waals surface area contributed by atoms with Gasteiger partial charge in [-0.25, -0.2) is 9.37 Å². The maximum Gasteiger partial charge on any atom is 0.416 e. The van der Waals surface area contributed by atoms with Crippen LogP contribution < -0.4 is 15.1 Å². The molecule has 1 aromatic heterocycles. The van der Waals surface area contributed by atoms with E-state index in [1.165, 1.54) is 45.3 Å². The van der Waals surface area contributed by atoms with Crippen LogP contribution in [-0.4, -0.2) is 91.0 Å². The van der Waals surface area contributed by atoms with Crippen molar-refractivity contribution in [3.8, 4) is 11.1 Å². The number of nitrogens with one attached hydrogen (secondary N) is 1. The Morgan fingerprint density at radius 2 is 1.29 bits per heavy atom. The Kier molecular flexibility index (Phi) is 14.9. The van der Waals surface area contributed by atoms with Gasteiger partial charge in [0.1, 0.15) is 11.6 Å². The van der Waals surface area contributed by atoms with Crippen molar-refractivity contribution in [1.29, 1.82) is 0 Å². The van der Waals surface area contributed by atoms with Gasteiger partial charge in [-0.05, 0) is 73.9 Å². The van der Waals surface area contributed by atoms with Crippen LogP contribution in [0.1, 0.15) is 36.1 Å². The molecule has 3 rings (SSSR count). The molecule has 0 saturated heterocycles. The molecule has 9 nitrogen and oxygen atoms in total. The first-order valence-corrected chi connectivity index (χ1v) is 15.1. The fourth-order valence-corrected chi connectivity index (χ4v) is 4.86. The van der Waals surface area contributed by atoms with E-state index in [4.69, 9.17) is 10.2 Å². The Morgan fingerprint density at radius 1 is 0.776 bits per heavy atom. The second-order valence-corrected chi connectivity index (χ2v) is 11.4. The SMILES string of the molecule is Cc1cc(F)ccc1-c1cc(N(CCO)CCO)ncc1N(C)C(=O)C(C)(C)c1cc(C(F)(F)F)cc(C(F)(F)F)c1.OCCNCCO. The van der Waals surface area contributed by atoms with Crippen LogP contribution in [-0.2, 0) is 22.6 Å². The lowest BCUT2D eigenvalue weighted by Crippen LogP contribution is -2.42. The molecule has 0 bridgehead atoms. The van der Waals surface area contributed by atoms with Crippen molar-refractivity contribution in [3.05, 3.63) is 76.7 Å². The molecule has 0 spiro atoms. The molecular weight excluding hydrogens is 665 g/mol. The van der Waals surface area contributed by atoms with Gasteiger partial charge in [-0.1, -0.05) is 6.07 Å². The van der Waals surface area contributed by atoms with Crippen LogP contribution in [0.15, 0.2) is 48.7 Å². The third-order valence-electron chi connectivity index (χ3n) is 7.50. The van der Waals surface area contributed by atoms with Crippen molar-refractivity contribution in [2.24, 2.45) is 0 Å². The van der Waals surface area contributed by atoms with E-state index in [-0.39, 0.29) is 51.3 Å². The average molecular weight is 707 g/mol. The van der Waals surface area contributed by atoms with E-state index >= 15 is 0 Å². The summed E-state index contributed by atoms with van der Waals surface area (Å²) in [6.07, 6.45) is -8.90. The summed E-state index contributed by atoms with van der Waals surface area (Å²) in [5.74, 6) is -1.06. The summed E-state index contributed by atoms with van der Waals surface area (Å²) in [7, 11) is 1.31. The van der Waals surface area contributed by atoms with Gasteiger partial charge in [0.15, 0.2) is 0 Å². The van der Waals surface area contributed by atoms with Gasteiger partial charge in [0.05, 0.1) is 54.9 Å². The number of likely N-dealkylation sites (N-methyl/N-ethyl adjacent to an activating group) is 1. The maximum atomic E-state index is 13.9. The molecule has 0 unspecified atom stereocenters. The number of alkyl halides is 6. The van der Waals surface area contributed by atoms with E-state index in [1.807, 2.05) is 0 Å². The number of anilines is 2. The Morgan fingerprint density at radius 3 is 1.73 bits per heavy atom. The van der Waals surface area contributed by atoms with Crippen LogP contribution in [0.25, 0.3) is 11.1 Å². The number of carbonyl (C=O) groups is 1. The first-order valence-electron chi connectivity index (χ1n) is 15.1. The van der Waals surface area contributed by atoms with Gasteiger partial charge in [0.25, 0.3) is 0 Å². The standard InChI is InChI=1S/C29H30F7N3O3.C4H11NO2/c1-17-11-21(30)5-6-22(17)23-15-25(39(7-9-40)8-10-41)37-16-24(23)38(4)26(42)27(2,3)18-12-19(28(31,32)33)14-20(13-18)29(34,35)36;6-3-1-5-2-4-7/h5-6,11-16,40-41H,7-10H2,1-4H3;5-7H,1-4H2. The minimum Gasteiger partial charge on any atom is -0.395 e. The molecule has 0 aliphatic rings. The molecule has 0 saturated carbocycles. The third kappa shape index (κ3) is 11.1. The first-order chi connectivity index (χ1) is 22.8. The highest BCUT2D eigenvalue weighted by molar-refractivity contribution is 6.03. The number of nitrogens with zero attached hydrogens (tertiary/aromatic N) is 3. The normalized spacial score (nSPS) is 12.0. The second-order valence-electron chi connectivity index (χ2n) is 11.4. The lowest BCUT2D eigenvalue weighted by atomic mass is 9.81. The summed E-state index contributed by atoms with van der Waals surface area (Å²) in [4.78, 5) is 20.8. The molecule has 1 heterocycles. The number of halogens is 7. The summed E-state index contributed by atoms with van der Waals surface area (Å²) in [6.45, 7) is 5.15. The number of rotatable bonds is 13. The highest BCUT2D eigenvalue weighted by atomic mass is 19.4. The lowest BCUT2D eigenvalue weighted by Gasteiger charge is -2.32. The average Bonchev–Trinajstić information content (AvgIpc) is 3.03. The maximum absolute atomic E-state index is 13.9. The molecule has 1 amide bonds. The topological polar surface area (TPSA) is 129 Å². The molecule has 0 atom stereocenters. The van der Waals surface area contributed by atoms with Crippen LogP contribution in [0.2, 0.25) is 0 Å². The molecule has 0 fully saturated rings. The second kappa shape index (κ2) is 17.7. The fourth-order valence-electron chi connectivity index (χ4n) is 4.86. The number of benzene rings is 2. The summed E-state index contributed by atoms with van der Waals surface area (Å²) >= 11 is 0. The molecule has 3 aromatic rings. The zero-order valence-corrected chi connectivity index (χ0v) is 27.5. The van der Waals surface area contributed by atoms with Gasteiger partial charge in [-0.15, -0.1) is 0 Å². The largest absolute Gasteiger partial charge is 0.416 e. The van der Waals surface area contributed by atoms with E-state index in [1.54, 1.807) is 17.9 Å². The Balaban J connectivity index is 0.00000107. The van der Waals surface area contributed by atoms with E-state index < -0.39 is 46.2 Å². The van der Waals surface area contributed by atoms with Gasteiger partial charge < -0.3 is 35.5 Å². The summed E-state index contributed by atoms with van der Waals surface area (Å²) in [5, 5.41) is 38.0. The van der Waals surface area contributed by atoms with Crippen molar-refractivity contribution in [2.75, 3.05) is 69.5 Å². The molecule has 2 aromatic carbocycles. The zero-order chi connectivity index (χ0) is 37.2. The van der Waals surface area contributed by atoms with Crippen molar-refractivity contribution in [3.63, 3.8) is 0 Å².